The lowest BCUT2D eigenvalue weighted by Crippen LogP contribution is -2.11. The fourth-order valence-corrected chi connectivity index (χ4v) is 4.81. The molecule has 0 spiro atoms. The minimum Gasteiger partial charge on any atom is -0.496 e. The Morgan fingerprint density at radius 1 is 1.06 bits per heavy atom. The van der Waals surface area contributed by atoms with E-state index in [1.54, 1.807) is 31.9 Å². The third-order valence-electron chi connectivity index (χ3n) is 5.71. The summed E-state index contributed by atoms with van der Waals surface area (Å²) < 4.78 is 22.0. The molecule has 0 bridgehead atoms. The Labute approximate surface area is 206 Å². The van der Waals surface area contributed by atoms with Crippen molar-refractivity contribution in [2.24, 2.45) is 0 Å². The molecule has 2 aromatic carbocycles. The van der Waals surface area contributed by atoms with Crippen LogP contribution in [0, 0.1) is 6.92 Å². The number of methoxy groups -OCH3 is 3. The van der Waals surface area contributed by atoms with Gasteiger partial charge in [-0.05, 0) is 43.0 Å². The van der Waals surface area contributed by atoms with Gasteiger partial charge >= 0.3 is 5.97 Å². The second-order valence-electron chi connectivity index (χ2n) is 7.78. The van der Waals surface area contributed by atoms with Crippen LogP contribution in [0.3, 0.4) is 0 Å². The van der Waals surface area contributed by atoms with Gasteiger partial charge in [-0.2, -0.15) is 0 Å². The third kappa shape index (κ3) is 4.52. The molecule has 0 fully saturated rings. The van der Waals surface area contributed by atoms with E-state index in [4.69, 9.17) is 18.6 Å². The first-order valence-electron chi connectivity index (χ1n) is 10.8. The first-order valence-corrected chi connectivity index (χ1v) is 11.6. The van der Waals surface area contributed by atoms with Gasteiger partial charge in [-0.15, -0.1) is 11.3 Å². The van der Waals surface area contributed by atoms with Crippen LogP contribution in [0.5, 0.6) is 11.5 Å². The Morgan fingerprint density at radius 2 is 1.83 bits per heavy atom. The van der Waals surface area contributed by atoms with Crippen LogP contribution in [0.25, 0.3) is 27.7 Å². The van der Waals surface area contributed by atoms with Crippen molar-refractivity contribution in [3.05, 3.63) is 70.1 Å². The summed E-state index contributed by atoms with van der Waals surface area (Å²) >= 11 is 1.20. The highest BCUT2D eigenvalue weighted by atomic mass is 32.1. The van der Waals surface area contributed by atoms with Gasteiger partial charge in [-0.1, -0.05) is 18.2 Å². The summed E-state index contributed by atoms with van der Waals surface area (Å²) in [4.78, 5) is 25.1. The molecule has 7 nitrogen and oxygen atoms in total. The standard InChI is InChI=1S/C27H25NO6S/c1-15(12-23(29)28-21-10-11-35-26(21)27(30)33-5)18-13-19-20(17-8-6-7-9-22(17)31-3)14-34-25(19)16(2)24(18)32-4/h6-14H,1-5H3,(H,28,29)/b15-12+. The fraction of sp³-hybridized carbons (Fsp3) is 0.185. The number of aryl methyl sites for hydroxylation is 1. The highest BCUT2D eigenvalue weighted by Gasteiger charge is 2.21. The smallest absolute Gasteiger partial charge is 0.350 e. The lowest BCUT2D eigenvalue weighted by atomic mass is 9.96. The summed E-state index contributed by atoms with van der Waals surface area (Å²) in [5.41, 5.74) is 5.14. The number of hydrogen-bond acceptors (Lipinski definition) is 7. The maximum absolute atomic E-state index is 12.8. The van der Waals surface area contributed by atoms with Gasteiger partial charge in [-0.3, -0.25) is 4.79 Å². The second-order valence-corrected chi connectivity index (χ2v) is 8.70. The van der Waals surface area contributed by atoms with Crippen LogP contribution in [0.4, 0.5) is 5.69 Å². The van der Waals surface area contributed by atoms with Crippen molar-refractivity contribution >= 4 is 45.4 Å². The quantitative estimate of drug-likeness (QED) is 0.241. The van der Waals surface area contributed by atoms with Gasteiger partial charge in [0.15, 0.2) is 0 Å². The molecule has 1 N–H and O–H groups in total. The van der Waals surface area contributed by atoms with Crippen LogP contribution in [0.15, 0.2) is 58.5 Å². The summed E-state index contributed by atoms with van der Waals surface area (Å²) in [5.74, 6) is 0.477. The first-order chi connectivity index (χ1) is 16.9. The van der Waals surface area contributed by atoms with Crippen LogP contribution in [-0.4, -0.2) is 33.2 Å². The van der Waals surface area contributed by atoms with E-state index < -0.39 is 5.97 Å². The Bertz CT molecular complexity index is 1450. The Kier molecular flexibility index (Phi) is 6.93. The van der Waals surface area contributed by atoms with E-state index in [0.717, 1.165) is 33.4 Å². The van der Waals surface area contributed by atoms with Crippen molar-refractivity contribution in [1.82, 2.24) is 0 Å². The molecule has 8 heteroatoms. The van der Waals surface area contributed by atoms with E-state index >= 15 is 0 Å². The minimum atomic E-state index is -0.498. The molecule has 0 radical (unpaired) electrons. The summed E-state index contributed by atoms with van der Waals surface area (Å²) in [6.45, 7) is 3.75. The molecule has 4 rings (SSSR count). The number of carbonyl (C=O) groups excluding carboxylic acids is 2. The van der Waals surface area contributed by atoms with E-state index in [9.17, 15) is 9.59 Å². The fourth-order valence-electron chi connectivity index (χ4n) is 4.05. The predicted molar refractivity (Wildman–Crippen MR) is 137 cm³/mol. The van der Waals surface area contributed by atoms with Crippen molar-refractivity contribution < 1.29 is 28.2 Å². The zero-order chi connectivity index (χ0) is 25.1. The molecular weight excluding hydrogens is 466 g/mol. The number of allylic oxidation sites excluding steroid dienone is 1. The second kappa shape index (κ2) is 10.1. The van der Waals surface area contributed by atoms with Crippen LogP contribution >= 0.6 is 11.3 Å². The monoisotopic (exact) mass is 491 g/mol. The topological polar surface area (TPSA) is 87.0 Å². The molecule has 2 heterocycles. The van der Waals surface area contributed by atoms with Crippen LogP contribution in [0.1, 0.15) is 27.7 Å². The number of esters is 1. The van der Waals surface area contributed by atoms with Crippen molar-refractivity contribution in [3.8, 4) is 22.6 Å². The van der Waals surface area contributed by atoms with Gasteiger partial charge in [0.25, 0.3) is 0 Å². The molecule has 35 heavy (non-hydrogen) atoms. The van der Waals surface area contributed by atoms with E-state index in [-0.39, 0.29) is 5.91 Å². The number of carbonyl (C=O) groups is 2. The van der Waals surface area contributed by atoms with E-state index in [0.29, 0.717) is 27.5 Å². The Morgan fingerprint density at radius 3 is 2.54 bits per heavy atom. The average molecular weight is 492 g/mol. The van der Waals surface area contributed by atoms with E-state index in [2.05, 4.69) is 5.32 Å². The largest absolute Gasteiger partial charge is 0.496 e. The summed E-state index contributed by atoms with van der Waals surface area (Å²) in [5, 5.41) is 5.36. The Balaban J connectivity index is 1.76. The highest BCUT2D eigenvalue weighted by Crippen LogP contribution is 2.42. The number of furan rings is 1. The molecular formula is C27H25NO6S. The van der Waals surface area contributed by atoms with Gasteiger partial charge in [0.05, 0.1) is 33.3 Å². The highest BCUT2D eigenvalue weighted by molar-refractivity contribution is 7.12. The lowest BCUT2D eigenvalue weighted by molar-refractivity contribution is -0.111. The number of thiophene rings is 1. The van der Waals surface area contributed by atoms with Crippen molar-refractivity contribution in [2.45, 2.75) is 13.8 Å². The maximum atomic E-state index is 12.8. The zero-order valence-corrected chi connectivity index (χ0v) is 20.9. The van der Waals surface area contributed by atoms with Crippen LogP contribution in [-0.2, 0) is 9.53 Å². The molecule has 1 amide bonds. The van der Waals surface area contributed by atoms with Gasteiger partial charge in [0.1, 0.15) is 22.0 Å². The number of amides is 1. The average Bonchev–Trinajstić information content (AvgIpc) is 3.50. The molecule has 180 valence electrons. The van der Waals surface area contributed by atoms with Crippen molar-refractivity contribution in [1.29, 1.82) is 0 Å². The van der Waals surface area contributed by atoms with E-state index in [1.165, 1.54) is 24.5 Å². The maximum Gasteiger partial charge on any atom is 0.350 e. The predicted octanol–water partition coefficient (Wildman–Crippen LogP) is 6.32. The number of hydrogen-bond donors (Lipinski definition) is 1. The number of anilines is 1. The molecule has 0 saturated heterocycles. The zero-order valence-electron chi connectivity index (χ0n) is 20.1. The lowest BCUT2D eigenvalue weighted by Gasteiger charge is -2.14. The number of rotatable bonds is 7. The number of para-hydroxylation sites is 1. The number of nitrogens with one attached hydrogen (secondary N) is 1. The van der Waals surface area contributed by atoms with Crippen molar-refractivity contribution in [3.63, 3.8) is 0 Å². The number of fused-ring (bicyclic) bond motifs is 1. The molecule has 2 aromatic heterocycles. The third-order valence-corrected chi connectivity index (χ3v) is 6.61. The number of benzene rings is 2. The van der Waals surface area contributed by atoms with Crippen LogP contribution < -0.4 is 14.8 Å². The summed E-state index contributed by atoms with van der Waals surface area (Å²) in [6.07, 6.45) is 3.18. The number of ether oxygens (including phenoxy) is 3. The molecule has 0 aliphatic rings. The Hall–Kier alpha value is -4.04. The molecule has 0 aliphatic carbocycles. The van der Waals surface area contributed by atoms with Crippen LogP contribution in [0.2, 0.25) is 0 Å². The van der Waals surface area contributed by atoms with E-state index in [1.807, 2.05) is 44.2 Å². The SMILES string of the molecule is COC(=O)c1sccc1NC(=O)/C=C(\C)c1cc2c(-c3ccccc3OC)coc2c(C)c1OC. The molecule has 0 aliphatic heterocycles. The van der Waals surface area contributed by atoms with Gasteiger partial charge < -0.3 is 23.9 Å². The van der Waals surface area contributed by atoms with Gasteiger partial charge in [-0.25, -0.2) is 4.79 Å². The first kappa shape index (κ1) is 24.1. The summed E-state index contributed by atoms with van der Waals surface area (Å²) in [7, 11) is 4.52. The molecule has 0 saturated carbocycles. The van der Waals surface area contributed by atoms with Gasteiger partial charge in [0.2, 0.25) is 5.91 Å². The molecule has 0 unspecified atom stereocenters. The molecule has 0 atom stereocenters. The van der Waals surface area contributed by atoms with Crippen molar-refractivity contribution in [2.75, 3.05) is 26.6 Å². The molecule has 4 aromatic rings. The summed E-state index contributed by atoms with van der Waals surface area (Å²) in [6, 6.07) is 11.3. The normalized spacial score (nSPS) is 11.4. The minimum absolute atomic E-state index is 0.335. The van der Waals surface area contributed by atoms with Gasteiger partial charge in [0, 0.05) is 33.7 Å².